The Morgan fingerprint density at radius 2 is 1.76 bits per heavy atom. The van der Waals surface area contributed by atoms with E-state index in [2.05, 4.69) is 0 Å². The highest BCUT2D eigenvalue weighted by Crippen LogP contribution is 2.28. The van der Waals surface area contributed by atoms with E-state index in [1.165, 1.54) is 6.08 Å². The summed E-state index contributed by atoms with van der Waals surface area (Å²) < 4.78 is 15.9. The van der Waals surface area contributed by atoms with Crippen molar-refractivity contribution in [2.24, 2.45) is 0 Å². The van der Waals surface area contributed by atoms with Crippen molar-refractivity contribution in [3.63, 3.8) is 0 Å². The average molecular weight is 396 g/mol. The third kappa shape index (κ3) is 6.21. The maximum Gasteiger partial charge on any atom is 0.331 e. The van der Waals surface area contributed by atoms with Crippen LogP contribution in [-0.2, 0) is 22.4 Å². The molecular weight excluding hydrogens is 368 g/mol. The van der Waals surface area contributed by atoms with Gasteiger partial charge in [0.05, 0.1) is 13.7 Å². The van der Waals surface area contributed by atoms with Crippen LogP contribution in [0, 0.1) is 0 Å². The molecule has 2 rings (SSSR count). The second kappa shape index (κ2) is 11.1. The van der Waals surface area contributed by atoms with Gasteiger partial charge in [0.15, 0.2) is 18.1 Å². The predicted octanol–water partition coefficient (Wildman–Crippen LogP) is 4.66. The van der Waals surface area contributed by atoms with Crippen LogP contribution in [0.1, 0.15) is 47.8 Å². The fourth-order valence-electron chi connectivity index (χ4n) is 2.90. The molecule has 0 fully saturated rings. The molecule has 0 saturated carbocycles. The molecule has 0 atom stereocenters. The summed E-state index contributed by atoms with van der Waals surface area (Å²) in [5.74, 6) is 0.458. The van der Waals surface area contributed by atoms with Gasteiger partial charge in [0.25, 0.3) is 0 Å². The molecule has 0 heterocycles. The monoisotopic (exact) mass is 396 g/mol. The summed E-state index contributed by atoms with van der Waals surface area (Å²) >= 11 is 0. The largest absolute Gasteiger partial charge is 0.493 e. The molecule has 0 bridgehead atoms. The average Bonchev–Trinajstić information content (AvgIpc) is 2.76. The smallest absolute Gasteiger partial charge is 0.331 e. The molecule has 2 aromatic carbocycles. The number of carbonyl (C=O) groups is 2. The van der Waals surface area contributed by atoms with Crippen molar-refractivity contribution in [2.45, 2.75) is 33.6 Å². The fourth-order valence-corrected chi connectivity index (χ4v) is 2.90. The Hall–Kier alpha value is -3.08. The van der Waals surface area contributed by atoms with Gasteiger partial charge in [-0.15, -0.1) is 0 Å². The molecule has 0 spiro atoms. The van der Waals surface area contributed by atoms with Gasteiger partial charge in [-0.2, -0.15) is 0 Å². The number of carbonyl (C=O) groups excluding carboxylic acids is 2. The van der Waals surface area contributed by atoms with E-state index < -0.39 is 5.97 Å². The van der Waals surface area contributed by atoms with Crippen molar-refractivity contribution in [3.05, 3.63) is 64.7 Å². The van der Waals surface area contributed by atoms with E-state index in [4.69, 9.17) is 14.2 Å². The summed E-state index contributed by atoms with van der Waals surface area (Å²) in [5, 5.41) is 0. The molecular formula is C24H28O5. The number of esters is 1. The summed E-state index contributed by atoms with van der Waals surface area (Å²) in [6.45, 7) is 6.18. The first kappa shape index (κ1) is 22.2. The number of ether oxygens (including phenoxy) is 3. The Labute approximate surface area is 172 Å². The number of hydrogen-bond donors (Lipinski definition) is 0. The van der Waals surface area contributed by atoms with Crippen molar-refractivity contribution in [1.82, 2.24) is 0 Å². The Morgan fingerprint density at radius 1 is 0.966 bits per heavy atom. The van der Waals surface area contributed by atoms with E-state index in [0.29, 0.717) is 23.7 Å². The maximum atomic E-state index is 12.5. The molecule has 0 aromatic heterocycles. The molecule has 0 aliphatic heterocycles. The van der Waals surface area contributed by atoms with Crippen LogP contribution < -0.4 is 9.47 Å². The molecule has 0 radical (unpaired) electrons. The van der Waals surface area contributed by atoms with Crippen LogP contribution in [-0.4, -0.2) is 32.1 Å². The standard InChI is InChI=1S/C24H28O5/c1-5-17-8-11-19(6-2)20(14-17)21(25)16-29-24(26)13-10-18-9-12-22(28-7-3)23(15-18)27-4/h8-15H,5-7,16H2,1-4H3/b13-10+. The van der Waals surface area contributed by atoms with Crippen LogP contribution in [0.3, 0.4) is 0 Å². The lowest BCUT2D eigenvalue weighted by atomic mass is 9.98. The van der Waals surface area contributed by atoms with Crippen molar-refractivity contribution in [2.75, 3.05) is 20.3 Å². The lowest BCUT2D eigenvalue weighted by Crippen LogP contribution is -2.14. The summed E-state index contributed by atoms with van der Waals surface area (Å²) in [5.41, 5.74) is 3.43. The highest BCUT2D eigenvalue weighted by atomic mass is 16.5. The molecule has 154 valence electrons. The lowest BCUT2D eigenvalue weighted by molar-refractivity contribution is -0.136. The number of benzene rings is 2. The molecule has 0 unspecified atom stereocenters. The number of ketones is 1. The van der Waals surface area contributed by atoms with E-state index in [1.54, 1.807) is 25.3 Å². The number of methoxy groups -OCH3 is 1. The Bertz CT molecular complexity index is 883. The second-order valence-corrected chi connectivity index (χ2v) is 6.41. The molecule has 0 aliphatic carbocycles. The molecule has 0 saturated heterocycles. The predicted molar refractivity (Wildman–Crippen MR) is 114 cm³/mol. The van der Waals surface area contributed by atoms with E-state index >= 15 is 0 Å². The third-order valence-electron chi connectivity index (χ3n) is 4.51. The molecule has 0 aliphatic rings. The van der Waals surface area contributed by atoms with Crippen LogP contribution >= 0.6 is 0 Å². The van der Waals surface area contributed by atoms with Gasteiger partial charge in [0.1, 0.15) is 0 Å². The summed E-state index contributed by atoms with van der Waals surface area (Å²) in [7, 11) is 1.56. The number of Topliss-reactive ketones (excluding diaryl/α,β-unsaturated/α-hetero) is 1. The van der Waals surface area contributed by atoms with Gasteiger partial charge < -0.3 is 14.2 Å². The van der Waals surface area contributed by atoms with Crippen LogP contribution in [0.5, 0.6) is 11.5 Å². The van der Waals surface area contributed by atoms with Gasteiger partial charge >= 0.3 is 5.97 Å². The summed E-state index contributed by atoms with van der Waals surface area (Å²) in [6, 6.07) is 11.2. The van der Waals surface area contributed by atoms with E-state index in [1.807, 2.05) is 45.0 Å². The summed E-state index contributed by atoms with van der Waals surface area (Å²) in [4.78, 5) is 24.6. The summed E-state index contributed by atoms with van der Waals surface area (Å²) in [6.07, 6.45) is 4.50. The Kier molecular flexibility index (Phi) is 8.46. The normalized spacial score (nSPS) is 10.8. The molecule has 0 N–H and O–H groups in total. The highest BCUT2D eigenvalue weighted by molar-refractivity contribution is 6.00. The third-order valence-corrected chi connectivity index (χ3v) is 4.51. The van der Waals surface area contributed by atoms with E-state index in [0.717, 1.165) is 29.5 Å². The second-order valence-electron chi connectivity index (χ2n) is 6.41. The van der Waals surface area contributed by atoms with Crippen molar-refractivity contribution in [3.8, 4) is 11.5 Å². The van der Waals surface area contributed by atoms with Gasteiger partial charge in [-0.3, -0.25) is 4.79 Å². The molecule has 2 aromatic rings. The number of hydrogen-bond acceptors (Lipinski definition) is 5. The minimum absolute atomic E-state index is 0.193. The zero-order valence-corrected chi connectivity index (χ0v) is 17.5. The van der Waals surface area contributed by atoms with Gasteiger partial charge in [0.2, 0.25) is 5.78 Å². The Balaban J connectivity index is 2.00. The lowest BCUT2D eigenvalue weighted by Gasteiger charge is -2.10. The molecule has 0 amide bonds. The molecule has 29 heavy (non-hydrogen) atoms. The van der Waals surface area contributed by atoms with Crippen molar-refractivity contribution in [1.29, 1.82) is 0 Å². The zero-order chi connectivity index (χ0) is 21.2. The zero-order valence-electron chi connectivity index (χ0n) is 17.5. The first-order valence-electron chi connectivity index (χ1n) is 9.82. The topological polar surface area (TPSA) is 61.8 Å². The van der Waals surface area contributed by atoms with E-state index in [-0.39, 0.29) is 12.4 Å². The molecule has 5 heteroatoms. The van der Waals surface area contributed by atoms with Gasteiger partial charge in [-0.05, 0) is 60.7 Å². The Morgan fingerprint density at radius 3 is 2.41 bits per heavy atom. The quantitative estimate of drug-likeness (QED) is 0.332. The van der Waals surface area contributed by atoms with Gasteiger partial charge in [-0.25, -0.2) is 4.79 Å². The van der Waals surface area contributed by atoms with Crippen LogP contribution in [0.15, 0.2) is 42.5 Å². The van der Waals surface area contributed by atoms with Gasteiger partial charge in [-0.1, -0.05) is 32.0 Å². The maximum absolute atomic E-state index is 12.5. The minimum atomic E-state index is -0.573. The first-order valence-corrected chi connectivity index (χ1v) is 9.82. The van der Waals surface area contributed by atoms with E-state index in [9.17, 15) is 9.59 Å². The fraction of sp³-hybridized carbons (Fsp3) is 0.333. The highest BCUT2D eigenvalue weighted by Gasteiger charge is 2.13. The van der Waals surface area contributed by atoms with Crippen LogP contribution in [0.25, 0.3) is 6.08 Å². The molecule has 5 nitrogen and oxygen atoms in total. The number of rotatable bonds is 10. The van der Waals surface area contributed by atoms with Crippen molar-refractivity contribution >= 4 is 17.8 Å². The van der Waals surface area contributed by atoms with Crippen LogP contribution in [0.4, 0.5) is 0 Å². The van der Waals surface area contributed by atoms with Gasteiger partial charge in [0, 0.05) is 11.6 Å². The van der Waals surface area contributed by atoms with Crippen LogP contribution in [0.2, 0.25) is 0 Å². The number of aryl methyl sites for hydroxylation is 2. The first-order chi connectivity index (χ1) is 14.0. The van der Waals surface area contributed by atoms with Crippen molar-refractivity contribution < 1.29 is 23.8 Å². The minimum Gasteiger partial charge on any atom is -0.493 e. The SMILES string of the molecule is CCOc1ccc(/C=C/C(=O)OCC(=O)c2cc(CC)ccc2CC)cc1OC.